The van der Waals surface area contributed by atoms with Gasteiger partial charge in [-0.15, -0.1) is 0 Å². The summed E-state index contributed by atoms with van der Waals surface area (Å²) in [6.07, 6.45) is -5.17. The molecule has 0 aliphatic heterocycles. The maximum atomic E-state index is 11.9. The second-order valence-corrected chi connectivity index (χ2v) is 4.27. The summed E-state index contributed by atoms with van der Waals surface area (Å²) in [6, 6.07) is 4.56. The van der Waals surface area contributed by atoms with Gasteiger partial charge in [0.1, 0.15) is 6.54 Å². The van der Waals surface area contributed by atoms with Crippen molar-refractivity contribution in [3.63, 3.8) is 0 Å². The van der Waals surface area contributed by atoms with Crippen molar-refractivity contribution in [1.29, 1.82) is 0 Å². The highest BCUT2D eigenvalue weighted by atomic mass is 19.4. The lowest BCUT2D eigenvalue weighted by molar-refractivity contribution is -0.139. The monoisotopic (exact) mass is 307 g/mol. The van der Waals surface area contributed by atoms with Crippen LogP contribution in [0.15, 0.2) is 18.2 Å². The number of benzene rings is 1. The van der Waals surface area contributed by atoms with Crippen LogP contribution < -0.4 is 14.8 Å². The van der Waals surface area contributed by atoms with Crippen LogP contribution in [0.1, 0.15) is 18.6 Å². The van der Waals surface area contributed by atoms with Gasteiger partial charge in [0.2, 0.25) is 0 Å². The number of amides is 1. The molecule has 2 N–H and O–H groups in total. The number of methoxy groups -OCH3 is 1. The average molecular weight is 307 g/mol. The van der Waals surface area contributed by atoms with Gasteiger partial charge in [0, 0.05) is 0 Å². The third-order valence-electron chi connectivity index (χ3n) is 2.51. The van der Waals surface area contributed by atoms with Gasteiger partial charge in [0.15, 0.2) is 18.1 Å². The third kappa shape index (κ3) is 5.90. The molecule has 0 heterocycles. The normalized spacial score (nSPS) is 12.7. The molecule has 1 atom stereocenters. The Morgan fingerprint density at radius 2 is 2.05 bits per heavy atom. The van der Waals surface area contributed by atoms with Gasteiger partial charge in [-0.3, -0.25) is 4.79 Å². The lowest BCUT2D eigenvalue weighted by Crippen LogP contribution is -2.36. The van der Waals surface area contributed by atoms with Crippen LogP contribution in [-0.4, -0.2) is 37.5 Å². The molecule has 118 valence electrons. The van der Waals surface area contributed by atoms with E-state index in [1.54, 1.807) is 18.3 Å². The van der Waals surface area contributed by atoms with Crippen LogP contribution in [0.4, 0.5) is 13.2 Å². The summed E-state index contributed by atoms with van der Waals surface area (Å²) in [5.41, 5.74) is 0.584. The molecular weight excluding hydrogens is 291 g/mol. The van der Waals surface area contributed by atoms with E-state index in [0.717, 1.165) is 0 Å². The van der Waals surface area contributed by atoms with Crippen LogP contribution in [0.25, 0.3) is 0 Å². The van der Waals surface area contributed by atoms with Gasteiger partial charge >= 0.3 is 6.18 Å². The first-order valence-electron chi connectivity index (χ1n) is 6.05. The van der Waals surface area contributed by atoms with Crippen molar-refractivity contribution >= 4 is 5.91 Å². The van der Waals surface area contributed by atoms with Gasteiger partial charge in [-0.05, 0) is 24.6 Å². The number of carbonyl (C=O) groups is 1. The molecule has 0 aromatic heterocycles. The number of alkyl halides is 3. The third-order valence-corrected chi connectivity index (χ3v) is 2.51. The predicted octanol–water partition coefficient (Wildman–Crippen LogP) is 1.81. The lowest BCUT2D eigenvalue weighted by Gasteiger charge is -2.13. The number of rotatable bonds is 6. The van der Waals surface area contributed by atoms with Crippen molar-refractivity contribution in [3.05, 3.63) is 23.8 Å². The van der Waals surface area contributed by atoms with Crippen LogP contribution in [0.3, 0.4) is 0 Å². The Morgan fingerprint density at radius 3 is 2.57 bits per heavy atom. The molecule has 0 aliphatic carbocycles. The van der Waals surface area contributed by atoms with Crippen molar-refractivity contribution in [2.75, 3.05) is 20.3 Å². The number of hydrogen-bond acceptors (Lipinski definition) is 4. The zero-order valence-electron chi connectivity index (χ0n) is 11.5. The Balaban J connectivity index is 2.61. The zero-order valence-corrected chi connectivity index (χ0v) is 11.5. The molecule has 1 aromatic carbocycles. The second kappa shape index (κ2) is 7.16. The summed E-state index contributed by atoms with van der Waals surface area (Å²) in [4.78, 5) is 11.2. The van der Waals surface area contributed by atoms with E-state index in [1.165, 1.54) is 19.2 Å². The van der Waals surface area contributed by atoms with Gasteiger partial charge in [-0.25, -0.2) is 0 Å². The molecule has 0 aliphatic rings. The largest absolute Gasteiger partial charge is 0.493 e. The number of aliphatic hydroxyl groups excluding tert-OH is 1. The standard InChI is InChI=1S/C13H16F3NO4/c1-8(18)9-3-4-10(11(5-9)20-2)21-6-12(19)17-7-13(14,15)16/h3-5,8,18H,6-7H2,1-2H3,(H,17,19). The van der Waals surface area contributed by atoms with Gasteiger partial charge in [-0.2, -0.15) is 13.2 Å². The molecule has 0 radical (unpaired) electrons. The molecule has 0 saturated heterocycles. The highest BCUT2D eigenvalue weighted by molar-refractivity contribution is 5.77. The summed E-state index contributed by atoms with van der Waals surface area (Å²) < 4.78 is 45.9. The van der Waals surface area contributed by atoms with Crippen molar-refractivity contribution in [3.8, 4) is 11.5 Å². The molecule has 0 spiro atoms. The van der Waals surface area contributed by atoms with Gasteiger partial charge in [0.05, 0.1) is 13.2 Å². The summed E-state index contributed by atoms with van der Waals surface area (Å²) in [6.45, 7) is -0.409. The SMILES string of the molecule is COc1cc(C(C)O)ccc1OCC(=O)NCC(F)(F)F. The zero-order chi connectivity index (χ0) is 16.0. The number of halogens is 3. The Bertz CT molecular complexity index is 489. The quantitative estimate of drug-likeness (QED) is 0.841. The molecule has 1 unspecified atom stereocenters. The van der Waals surface area contributed by atoms with E-state index in [-0.39, 0.29) is 11.5 Å². The first-order valence-corrected chi connectivity index (χ1v) is 6.05. The smallest absolute Gasteiger partial charge is 0.405 e. The first kappa shape index (κ1) is 17.1. The molecule has 0 bridgehead atoms. The molecule has 5 nitrogen and oxygen atoms in total. The molecule has 8 heteroatoms. The highest BCUT2D eigenvalue weighted by Gasteiger charge is 2.27. The first-order chi connectivity index (χ1) is 9.73. The molecule has 0 saturated carbocycles. The van der Waals surface area contributed by atoms with E-state index < -0.39 is 31.3 Å². The van der Waals surface area contributed by atoms with E-state index in [4.69, 9.17) is 9.47 Å². The fourth-order valence-corrected chi connectivity index (χ4v) is 1.46. The average Bonchev–Trinajstić information content (AvgIpc) is 2.41. The number of ether oxygens (including phenoxy) is 2. The molecule has 1 rings (SSSR count). The Kier molecular flexibility index (Phi) is 5.83. The van der Waals surface area contributed by atoms with Crippen LogP contribution in [0, 0.1) is 0 Å². The van der Waals surface area contributed by atoms with E-state index in [2.05, 4.69) is 0 Å². The summed E-state index contributed by atoms with van der Waals surface area (Å²) in [7, 11) is 1.37. The number of aliphatic hydroxyl groups is 1. The highest BCUT2D eigenvalue weighted by Crippen LogP contribution is 2.30. The minimum atomic E-state index is -4.47. The Morgan fingerprint density at radius 1 is 1.38 bits per heavy atom. The molecule has 1 aromatic rings. The van der Waals surface area contributed by atoms with Gasteiger partial charge in [-0.1, -0.05) is 6.07 Å². The second-order valence-electron chi connectivity index (χ2n) is 4.27. The van der Waals surface area contributed by atoms with Crippen molar-refractivity contribution in [1.82, 2.24) is 5.32 Å². The minimum absolute atomic E-state index is 0.198. The summed E-state index contributed by atoms with van der Waals surface area (Å²) in [5, 5.41) is 11.1. The van der Waals surface area contributed by atoms with E-state index >= 15 is 0 Å². The number of hydrogen-bond donors (Lipinski definition) is 2. The number of carbonyl (C=O) groups excluding carboxylic acids is 1. The lowest BCUT2D eigenvalue weighted by atomic mass is 10.1. The maximum Gasteiger partial charge on any atom is 0.405 e. The summed E-state index contributed by atoms with van der Waals surface area (Å²) >= 11 is 0. The van der Waals surface area contributed by atoms with E-state index in [0.29, 0.717) is 5.56 Å². The van der Waals surface area contributed by atoms with E-state index in [1.807, 2.05) is 0 Å². The molecule has 1 amide bonds. The fourth-order valence-electron chi connectivity index (χ4n) is 1.46. The summed E-state index contributed by atoms with van der Waals surface area (Å²) in [5.74, 6) is -0.421. The van der Waals surface area contributed by atoms with Gasteiger partial charge < -0.3 is 19.9 Å². The molecule has 0 fully saturated rings. The molecule has 21 heavy (non-hydrogen) atoms. The molecular formula is C13H16F3NO4. The van der Waals surface area contributed by atoms with E-state index in [9.17, 15) is 23.1 Å². The minimum Gasteiger partial charge on any atom is -0.493 e. The number of nitrogens with one attached hydrogen (secondary N) is 1. The Hall–Kier alpha value is -1.96. The van der Waals surface area contributed by atoms with Crippen LogP contribution in [-0.2, 0) is 4.79 Å². The maximum absolute atomic E-state index is 11.9. The van der Waals surface area contributed by atoms with Crippen LogP contribution in [0.2, 0.25) is 0 Å². The Labute approximate surface area is 119 Å². The van der Waals surface area contributed by atoms with Crippen LogP contribution >= 0.6 is 0 Å². The van der Waals surface area contributed by atoms with Crippen molar-refractivity contribution in [2.24, 2.45) is 0 Å². The van der Waals surface area contributed by atoms with Gasteiger partial charge in [0.25, 0.3) is 5.91 Å². The predicted molar refractivity (Wildman–Crippen MR) is 68.2 cm³/mol. The van der Waals surface area contributed by atoms with Crippen molar-refractivity contribution < 1.29 is 32.5 Å². The fraction of sp³-hybridized carbons (Fsp3) is 0.462. The van der Waals surface area contributed by atoms with Crippen molar-refractivity contribution in [2.45, 2.75) is 19.2 Å². The van der Waals surface area contributed by atoms with Crippen LogP contribution in [0.5, 0.6) is 11.5 Å². The topological polar surface area (TPSA) is 67.8 Å².